The van der Waals surface area contributed by atoms with Crippen molar-refractivity contribution in [2.24, 2.45) is 0 Å². The predicted molar refractivity (Wildman–Crippen MR) is 100 cm³/mol. The molecule has 140 valence electrons. The monoisotopic (exact) mass is 367 g/mol. The van der Waals surface area contributed by atoms with Crippen molar-refractivity contribution < 1.29 is 4.79 Å². The number of hydrogen-bond acceptors (Lipinski definition) is 4. The van der Waals surface area contributed by atoms with E-state index in [1.54, 1.807) is 6.20 Å². The number of aryl methyl sites for hydroxylation is 2. The lowest BCUT2D eigenvalue weighted by atomic mass is 10.0. The fourth-order valence-corrected chi connectivity index (χ4v) is 2.88. The molecule has 2 heterocycles. The van der Waals surface area contributed by atoms with E-state index in [0.29, 0.717) is 13.0 Å². The number of rotatable bonds is 7. The van der Waals surface area contributed by atoms with Gasteiger partial charge in [0, 0.05) is 31.2 Å². The van der Waals surface area contributed by atoms with E-state index in [-0.39, 0.29) is 18.5 Å². The summed E-state index contributed by atoms with van der Waals surface area (Å²) >= 11 is 0. The predicted octanol–water partition coefficient (Wildman–Crippen LogP) is 0.989. The second-order valence-corrected chi connectivity index (χ2v) is 6.23. The molecule has 0 aliphatic heterocycles. The fourth-order valence-electron chi connectivity index (χ4n) is 2.88. The van der Waals surface area contributed by atoms with Crippen LogP contribution >= 0.6 is 0 Å². The lowest BCUT2D eigenvalue weighted by Crippen LogP contribution is -2.37. The summed E-state index contributed by atoms with van der Waals surface area (Å²) in [5.74, 6) is 0.605. The standard InChI is InChI=1S/C19H21N5O3/c1-14-20-9-12-23(14)10-7-16(15-5-3-2-4-6-15)21-18(26)13-24-11-8-17(25)22-19(24)27/h2-6,8-9,11-12,16H,7,10,13H2,1H3,(H,21,26)(H,22,25,27). The van der Waals surface area contributed by atoms with Crippen molar-refractivity contribution in [3.63, 3.8) is 0 Å². The van der Waals surface area contributed by atoms with Crippen LogP contribution < -0.4 is 16.6 Å². The summed E-state index contributed by atoms with van der Waals surface area (Å²) in [5, 5.41) is 2.98. The maximum atomic E-state index is 12.5. The van der Waals surface area contributed by atoms with E-state index >= 15 is 0 Å². The molecule has 0 saturated heterocycles. The molecule has 2 aromatic heterocycles. The van der Waals surface area contributed by atoms with Crippen molar-refractivity contribution in [1.82, 2.24) is 24.4 Å². The Bertz CT molecular complexity index is 1020. The van der Waals surface area contributed by atoms with Gasteiger partial charge in [-0.25, -0.2) is 9.78 Å². The van der Waals surface area contributed by atoms with E-state index < -0.39 is 11.2 Å². The third kappa shape index (κ3) is 4.81. The van der Waals surface area contributed by atoms with E-state index in [0.717, 1.165) is 11.4 Å². The number of aromatic nitrogens is 4. The van der Waals surface area contributed by atoms with Gasteiger partial charge < -0.3 is 9.88 Å². The molecule has 27 heavy (non-hydrogen) atoms. The second-order valence-electron chi connectivity index (χ2n) is 6.23. The van der Waals surface area contributed by atoms with Crippen molar-refractivity contribution in [1.29, 1.82) is 0 Å². The van der Waals surface area contributed by atoms with E-state index in [9.17, 15) is 14.4 Å². The highest BCUT2D eigenvalue weighted by Gasteiger charge is 2.15. The third-order valence-corrected chi connectivity index (χ3v) is 4.33. The van der Waals surface area contributed by atoms with Crippen LogP contribution in [0.25, 0.3) is 0 Å². The van der Waals surface area contributed by atoms with Crippen molar-refractivity contribution in [2.45, 2.75) is 32.5 Å². The quantitative estimate of drug-likeness (QED) is 0.650. The Labute approximate surface area is 155 Å². The minimum absolute atomic E-state index is 0.164. The van der Waals surface area contributed by atoms with Gasteiger partial charge in [-0.1, -0.05) is 30.3 Å². The Morgan fingerprint density at radius 3 is 2.59 bits per heavy atom. The summed E-state index contributed by atoms with van der Waals surface area (Å²) in [7, 11) is 0. The summed E-state index contributed by atoms with van der Waals surface area (Å²) in [6.45, 7) is 2.46. The highest BCUT2D eigenvalue weighted by molar-refractivity contribution is 5.76. The Morgan fingerprint density at radius 2 is 1.93 bits per heavy atom. The average molecular weight is 367 g/mol. The molecule has 0 radical (unpaired) electrons. The summed E-state index contributed by atoms with van der Waals surface area (Å²) in [5.41, 5.74) is -0.116. The van der Waals surface area contributed by atoms with Gasteiger partial charge in [-0.2, -0.15) is 0 Å². The number of benzene rings is 1. The first kappa shape index (κ1) is 18.4. The number of aromatic amines is 1. The van der Waals surface area contributed by atoms with Gasteiger partial charge >= 0.3 is 5.69 Å². The minimum atomic E-state index is -0.608. The first-order chi connectivity index (χ1) is 13.0. The molecule has 0 aliphatic rings. The fraction of sp³-hybridized carbons (Fsp3) is 0.263. The van der Waals surface area contributed by atoms with Crippen LogP contribution in [0.4, 0.5) is 0 Å². The number of nitrogens with one attached hydrogen (secondary N) is 2. The second kappa shape index (κ2) is 8.31. The molecule has 2 N–H and O–H groups in total. The maximum Gasteiger partial charge on any atom is 0.328 e. The molecule has 1 atom stereocenters. The van der Waals surface area contributed by atoms with Gasteiger partial charge in [-0.15, -0.1) is 0 Å². The van der Waals surface area contributed by atoms with E-state index in [1.807, 2.05) is 48.0 Å². The topological polar surface area (TPSA) is 102 Å². The summed E-state index contributed by atoms with van der Waals surface area (Å²) in [6, 6.07) is 10.7. The molecule has 0 saturated carbocycles. The maximum absolute atomic E-state index is 12.5. The molecule has 1 aromatic carbocycles. The number of H-pyrrole nitrogens is 1. The first-order valence-electron chi connectivity index (χ1n) is 8.65. The average Bonchev–Trinajstić information content (AvgIpc) is 3.06. The first-order valence-corrected chi connectivity index (χ1v) is 8.65. The van der Waals surface area contributed by atoms with Crippen molar-refractivity contribution in [3.05, 3.63) is 87.2 Å². The smallest absolute Gasteiger partial charge is 0.328 e. The highest BCUT2D eigenvalue weighted by atomic mass is 16.2. The van der Waals surface area contributed by atoms with Gasteiger partial charge in [-0.05, 0) is 18.9 Å². The molecular formula is C19H21N5O3. The van der Waals surface area contributed by atoms with Gasteiger partial charge in [0.25, 0.3) is 5.56 Å². The van der Waals surface area contributed by atoms with Crippen LogP contribution in [0.3, 0.4) is 0 Å². The largest absolute Gasteiger partial charge is 0.348 e. The molecule has 1 amide bonds. The van der Waals surface area contributed by atoms with Crippen LogP contribution in [-0.2, 0) is 17.9 Å². The molecule has 3 rings (SSSR count). The van der Waals surface area contributed by atoms with Crippen molar-refractivity contribution in [2.75, 3.05) is 0 Å². The van der Waals surface area contributed by atoms with Crippen LogP contribution in [0.15, 0.2) is 64.6 Å². The minimum Gasteiger partial charge on any atom is -0.348 e. The van der Waals surface area contributed by atoms with Gasteiger partial charge in [0.05, 0.1) is 6.04 Å². The number of carbonyl (C=O) groups is 1. The number of hydrogen-bond donors (Lipinski definition) is 2. The van der Waals surface area contributed by atoms with Crippen LogP contribution in [0, 0.1) is 6.92 Å². The van der Waals surface area contributed by atoms with Gasteiger partial charge in [0.1, 0.15) is 12.4 Å². The Hall–Kier alpha value is -3.42. The molecule has 1 unspecified atom stereocenters. The molecule has 0 spiro atoms. The third-order valence-electron chi connectivity index (χ3n) is 4.33. The zero-order valence-electron chi connectivity index (χ0n) is 15.0. The van der Waals surface area contributed by atoms with Crippen LogP contribution in [-0.4, -0.2) is 25.0 Å². The Morgan fingerprint density at radius 1 is 1.15 bits per heavy atom. The Balaban J connectivity index is 1.72. The Kier molecular flexibility index (Phi) is 5.65. The summed E-state index contributed by atoms with van der Waals surface area (Å²) in [4.78, 5) is 41.7. The summed E-state index contributed by atoms with van der Waals surface area (Å²) < 4.78 is 3.19. The van der Waals surface area contributed by atoms with Gasteiger partial charge in [0.15, 0.2) is 0 Å². The van der Waals surface area contributed by atoms with E-state index in [4.69, 9.17) is 0 Å². The number of imidazole rings is 1. The molecular weight excluding hydrogens is 346 g/mol. The molecule has 0 fully saturated rings. The number of carbonyl (C=O) groups excluding carboxylic acids is 1. The van der Waals surface area contributed by atoms with Crippen molar-refractivity contribution >= 4 is 5.91 Å². The van der Waals surface area contributed by atoms with Crippen molar-refractivity contribution in [3.8, 4) is 0 Å². The lowest BCUT2D eigenvalue weighted by Gasteiger charge is -2.20. The molecule has 3 aromatic rings. The normalized spacial score (nSPS) is 11.9. The van der Waals surface area contributed by atoms with E-state index in [1.165, 1.54) is 16.8 Å². The SMILES string of the molecule is Cc1nccn1CCC(NC(=O)Cn1ccc(=O)[nH]c1=O)c1ccccc1. The highest BCUT2D eigenvalue weighted by Crippen LogP contribution is 2.18. The van der Waals surface area contributed by atoms with Crippen LogP contribution in [0.1, 0.15) is 23.9 Å². The zero-order chi connectivity index (χ0) is 19.2. The van der Waals surface area contributed by atoms with Crippen LogP contribution in [0.5, 0.6) is 0 Å². The van der Waals surface area contributed by atoms with Gasteiger partial charge in [0.2, 0.25) is 5.91 Å². The van der Waals surface area contributed by atoms with Crippen LogP contribution in [0.2, 0.25) is 0 Å². The molecule has 8 nitrogen and oxygen atoms in total. The molecule has 0 bridgehead atoms. The molecule has 8 heteroatoms. The zero-order valence-corrected chi connectivity index (χ0v) is 15.0. The van der Waals surface area contributed by atoms with Gasteiger partial charge in [-0.3, -0.25) is 19.1 Å². The number of amides is 1. The number of nitrogens with zero attached hydrogens (tertiary/aromatic N) is 3. The lowest BCUT2D eigenvalue weighted by molar-refractivity contribution is -0.122. The van der Waals surface area contributed by atoms with E-state index in [2.05, 4.69) is 15.3 Å². The summed E-state index contributed by atoms with van der Waals surface area (Å²) in [6.07, 6.45) is 5.63. The molecule has 0 aliphatic carbocycles.